The van der Waals surface area contributed by atoms with Crippen molar-refractivity contribution >= 4 is 11.8 Å². The Kier molecular flexibility index (Phi) is 2.06. The van der Waals surface area contributed by atoms with Crippen LogP contribution in [0.25, 0.3) is 0 Å². The third kappa shape index (κ3) is 1.51. The molecule has 6 heteroatoms. The van der Waals surface area contributed by atoms with E-state index in [1.54, 1.807) is 0 Å². The van der Waals surface area contributed by atoms with Crippen molar-refractivity contribution in [3.63, 3.8) is 0 Å². The highest BCUT2D eigenvalue weighted by molar-refractivity contribution is 5.46. The number of carbonyl (C=O) groups excluding carboxylic acids is 1. The molecule has 76 valence electrons. The lowest BCUT2D eigenvalue weighted by molar-refractivity contribution is -0.386. The first-order chi connectivity index (χ1) is 7.19. The second-order valence-electron chi connectivity index (χ2n) is 3.36. The molecule has 0 bridgehead atoms. The molecule has 0 N–H and O–H groups in total. The summed E-state index contributed by atoms with van der Waals surface area (Å²) in [5.41, 5.74) is -0.613. The molecule has 0 radical (unpaired) electrons. The highest BCUT2D eigenvalue weighted by Crippen LogP contribution is 2.50. The Labute approximate surface area is 84.8 Å². The number of aliphatic imine (C=N–C) groups is 1. The van der Waals surface area contributed by atoms with Crippen LogP contribution in [0, 0.1) is 10.1 Å². The Morgan fingerprint density at radius 3 is 2.87 bits per heavy atom. The van der Waals surface area contributed by atoms with E-state index in [2.05, 4.69) is 9.98 Å². The molecule has 1 aromatic heterocycles. The van der Waals surface area contributed by atoms with E-state index in [4.69, 9.17) is 0 Å². The van der Waals surface area contributed by atoms with Crippen LogP contribution in [0.5, 0.6) is 0 Å². The van der Waals surface area contributed by atoms with Crippen molar-refractivity contribution in [3.8, 4) is 0 Å². The lowest BCUT2D eigenvalue weighted by Gasteiger charge is -2.06. The van der Waals surface area contributed by atoms with E-state index in [0.717, 1.165) is 0 Å². The summed E-state index contributed by atoms with van der Waals surface area (Å²) in [4.78, 5) is 28.0. The second-order valence-corrected chi connectivity index (χ2v) is 3.36. The van der Waals surface area contributed by atoms with Gasteiger partial charge in [-0.3, -0.25) is 15.1 Å². The number of aromatic nitrogens is 1. The Bertz CT molecular complexity index is 461. The lowest BCUT2D eigenvalue weighted by atomic mass is 10.1. The predicted octanol–water partition coefficient (Wildman–Crippen LogP) is 1.31. The van der Waals surface area contributed by atoms with Crippen molar-refractivity contribution in [3.05, 3.63) is 34.1 Å². The molecule has 1 aliphatic rings. The SMILES string of the molecule is O=C=NC1(c2ncccc2[N+](=O)[O-])CC1. The van der Waals surface area contributed by atoms with Crippen molar-refractivity contribution in [2.45, 2.75) is 18.4 Å². The summed E-state index contributed by atoms with van der Waals surface area (Å²) < 4.78 is 0. The van der Waals surface area contributed by atoms with Crippen LogP contribution in [0.4, 0.5) is 5.69 Å². The normalized spacial score (nSPS) is 16.5. The fourth-order valence-electron chi connectivity index (χ4n) is 1.51. The van der Waals surface area contributed by atoms with Gasteiger partial charge in [0.05, 0.1) is 4.92 Å². The summed E-state index contributed by atoms with van der Waals surface area (Å²) >= 11 is 0. The van der Waals surface area contributed by atoms with E-state index in [9.17, 15) is 14.9 Å². The smallest absolute Gasteiger partial charge is 0.258 e. The monoisotopic (exact) mass is 205 g/mol. The van der Waals surface area contributed by atoms with Gasteiger partial charge in [-0.25, -0.2) is 4.79 Å². The number of nitro groups is 1. The summed E-state index contributed by atoms with van der Waals surface area (Å²) in [5.74, 6) is 0. The van der Waals surface area contributed by atoms with E-state index in [0.29, 0.717) is 12.8 Å². The van der Waals surface area contributed by atoms with Gasteiger partial charge in [-0.2, -0.15) is 4.99 Å². The molecule has 0 saturated heterocycles. The quantitative estimate of drug-likeness (QED) is 0.322. The Morgan fingerprint density at radius 2 is 2.33 bits per heavy atom. The van der Waals surface area contributed by atoms with E-state index >= 15 is 0 Å². The molecule has 15 heavy (non-hydrogen) atoms. The first-order valence-corrected chi connectivity index (χ1v) is 4.38. The molecule has 1 aromatic rings. The molecule has 0 atom stereocenters. The number of rotatable bonds is 3. The summed E-state index contributed by atoms with van der Waals surface area (Å²) in [6.45, 7) is 0. The molecule has 1 saturated carbocycles. The van der Waals surface area contributed by atoms with E-state index < -0.39 is 10.5 Å². The van der Waals surface area contributed by atoms with Crippen LogP contribution in [0.15, 0.2) is 23.3 Å². The number of hydrogen-bond donors (Lipinski definition) is 0. The molecular formula is C9H7N3O3. The summed E-state index contributed by atoms with van der Waals surface area (Å²) in [7, 11) is 0. The zero-order valence-corrected chi connectivity index (χ0v) is 7.71. The number of nitrogens with zero attached hydrogens (tertiary/aromatic N) is 3. The third-order valence-electron chi connectivity index (χ3n) is 2.41. The first kappa shape index (κ1) is 9.48. The van der Waals surface area contributed by atoms with E-state index in [1.807, 2.05) is 0 Å². The molecule has 0 aliphatic heterocycles. The molecule has 1 aliphatic carbocycles. The van der Waals surface area contributed by atoms with Crippen LogP contribution >= 0.6 is 0 Å². The van der Waals surface area contributed by atoms with Gasteiger partial charge >= 0.3 is 0 Å². The van der Waals surface area contributed by atoms with Crippen LogP contribution in [0.3, 0.4) is 0 Å². The molecule has 6 nitrogen and oxygen atoms in total. The third-order valence-corrected chi connectivity index (χ3v) is 2.41. The molecule has 0 spiro atoms. The van der Waals surface area contributed by atoms with Gasteiger partial charge in [-0.15, -0.1) is 0 Å². The van der Waals surface area contributed by atoms with Crippen molar-refractivity contribution in [2.24, 2.45) is 4.99 Å². The summed E-state index contributed by atoms with van der Waals surface area (Å²) in [5, 5.41) is 10.7. The van der Waals surface area contributed by atoms with Gasteiger partial charge in [-0.1, -0.05) is 0 Å². The Hall–Kier alpha value is -2.07. The minimum atomic E-state index is -0.786. The molecule has 0 amide bonds. The van der Waals surface area contributed by atoms with E-state index in [1.165, 1.54) is 24.4 Å². The topological polar surface area (TPSA) is 85.5 Å². The van der Waals surface area contributed by atoms with Crippen LogP contribution in [-0.4, -0.2) is 16.0 Å². The molecular weight excluding hydrogens is 198 g/mol. The maximum absolute atomic E-state index is 10.7. The highest BCUT2D eigenvalue weighted by atomic mass is 16.6. The summed E-state index contributed by atoms with van der Waals surface area (Å²) in [6.07, 6.45) is 4.13. The minimum absolute atomic E-state index is 0.0889. The fourth-order valence-corrected chi connectivity index (χ4v) is 1.51. The zero-order valence-electron chi connectivity index (χ0n) is 7.71. The van der Waals surface area contributed by atoms with Crippen molar-refractivity contribution in [2.75, 3.05) is 0 Å². The Morgan fingerprint density at radius 1 is 1.60 bits per heavy atom. The van der Waals surface area contributed by atoms with E-state index in [-0.39, 0.29) is 11.4 Å². The van der Waals surface area contributed by atoms with Gasteiger partial charge < -0.3 is 0 Å². The van der Waals surface area contributed by atoms with Crippen molar-refractivity contribution < 1.29 is 9.72 Å². The van der Waals surface area contributed by atoms with Crippen LogP contribution in [0.2, 0.25) is 0 Å². The minimum Gasteiger partial charge on any atom is -0.258 e. The molecule has 2 rings (SSSR count). The summed E-state index contributed by atoms with van der Waals surface area (Å²) in [6, 6.07) is 2.85. The van der Waals surface area contributed by atoms with Crippen LogP contribution in [-0.2, 0) is 10.3 Å². The molecule has 0 aromatic carbocycles. The predicted molar refractivity (Wildman–Crippen MR) is 49.9 cm³/mol. The average Bonchev–Trinajstić information content (AvgIpc) is 2.99. The van der Waals surface area contributed by atoms with Gasteiger partial charge in [0.1, 0.15) is 11.2 Å². The largest absolute Gasteiger partial charge is 0.293 e. The molecule has 1 heterocycles. The van der Waals surface area contributed by atoms with Gasteiger partial charge in [0.2, 0.25) is 6.08 Å². The molecule has 1 fully saturated rings. The highest BCUT2D eigenvalue weighted by Gasteiger charge is 2.50. The number of pyridine rings is 1. The fraction of sp³-hybridized carbons (Fsp3) is 0.333. The average molecular weight is 205 g/mol. The van der Waals surface area contributed by atoms with Crippen molar-refractivity contribution in [1.29, 1.82) is 0 Å². The first-order valence-electron chi connectivity index (χ1n) is 4.38. The van der Waals surface area contributed by atoms with Gasteiger partial charge in [-0.05, 0) is 18.9 Å². The van der Waals surface area contributed by atoms with Crippen molar-refractivity contribution in [1.82, 2.24) is 4.98 Å². The maximum atomic E-state index is 10.7. The van der Waals surface area contributed by atoms with Gasteiger partial charge in [0.25, 0.3) is 5.69 Å². The zero-order chi connectivity index (χ0) is 10.9. The number of hydrogen-bond acceptors (Lipinski definition) is 5. The van der Waals surface area contributed by atoms with Crippen LogP contribution in [0.1, 0.15) is 18.5 Å². The lowest BCUT2D eigenvalue weighted by Crippen LogP contribution is -2.08. The van der Waals surface area contributed by atoms with Gasteiger partial charge in [0, 0.05) is 12.3 Å². The van der Waals surface area contributed by atoms with Crippen LogP contribution < -0.4 is 0 Å². The second kappa shape index (κ2) is 3.25. The van der Waals surface area contributed by atoms with Gasteiger partial charge in [0.15, 0.2) is 0 Å². The number of isocyanates is 1. The maximum Gasteiger partial charge on any atom is 0.293 e. The molecule has 0 unspecified atom stereocenters. The Balaban J connectivity index is 2.53. The standard InChI is InChI=1S/C9H7N3O3/c13-6-11-9(3-4-9)8-7(12(14)15)2-1-5-10-8/h1-2,5H,3-4H2.